The lowest BCUT2D eigenvalue weighted by Gasteiger charge is -2.47. The SMILES string of the molecule is CCCNC(=S)N1CCC2(CC1)N[C@H](Cc1ccccc1)C(=O)N2[C@@H](C)CC. The molecule has 3 rings (SSSR count). The summed E-state index contributed by atoms with van der Waals surface area (Å²) < 4.78 is 0. The Morgan fingerprint density at radius 2 is 1.96 bits per heavy atom. The van der Waals surface area contributed by atoms with Gasteiger partial charge in [0.25, 0.3) is 0 Å². The van der Waals surface area contributed by atoms with E-state index in [2.05, 4.69) is 53.3 Å². The highest BCUT2D eigenvalue weighted by Crippen LogP contribution is 2.35. The zero-order valence-corrected chi connectivity index (χ0v) is 18.2. The zero-order chi connectivity index (χ0) is 20.1. The molecule has 2 saturated heterocycles. The maximum absolute atomic E-state index is 13.4. The fraction of sp³-hybridized carbons (Fsp3) is 0.636. The van der Waals surface area contributed by atoms with Gasteiger partial charge < -0.3 is 15.1 Å². The van der Waals surface area contributed by atoms with Gasteiger partial charge in [-0.3, -0.25) is 10.1 Å². The third-order valence-corrected chi connectivity index (χ3v) is 6.56. The van der Waals surface area contributed by atoms with E-state index < -0.39 is 0 Å². The van der Waals surface area contributed by atoms with Crippen LogP contribution in [0.5, 0.6) is 0 Å². The lowest BCUT2D eigenvalue weighted by Crippen LogP contribution is -2.62. The third-order valence-electron chi connectivity index (χ3n) is 6.16. The van der Waals surface area contributed by atoms with E-state index in [-0.39, 0.29) is 23.7 Å². The highest BCUT2D eigenvalue weighted by atomic mass is 32.1. The van der Waals surface area contributed by atoms with Crippen LogP contribution in [0, 0.1) is 0 Å². The number of likely N-dealkylation sites (tertiary alicyclic amines) is 1. The second-order valence-corrected chi connectivity index (χ2v) is 8.49. The van der Waals surface area contributed by atoms with Crippen LogP contribution < -0.4 is 10.6 Å². The summed E-state index contributed by atoms with van der Waals surface area (Å²) in [4.78, 5) is 17.8. The minimum Gasteiger partial charge on any atom is -0.363 e. The van der Waals surface area contributed by atoms with Crippen LogP contribution in [0.3, 0.4) is 0 Å². The summed E-state index contributed by atoms with van der Waals surface area (Å²) in [7, 11) is 0. The summed E-state index contributed by atoms with van der Waals surface area (Å²) in [5.74, 6) is 0.248. The molecule has 0 radical (unpaired) electrons. The molecule has 0 bridgehead atoms. The summed E-state index contributed by atoms with van der Waals surface area (Å²) in [5, 5.41) is 7.94. The molecule has 154 valence electrons. The Hall–Kier alpha value is -1.66. The number of thiocarbonyl (C=S) groups is 1. The molecule has 1 aromatic carbocycles. The molecule has 6 heteroatoms. The Kier molecular flexibility index (Phi) is 6.94. The van der Waals surface area contributed by atoms with Crippen molar-refractivity contribution in [1.29, 1.82) is 0 Å². The summed E-state index contributed by atoms with van der Waals surface area (Å²) in [5.41, 5.74) is 0.958. The average molecular weight is 403 g/mol. The lowest BCUT2D eigenvalue weighted by molar-refractivity contribution is -0.136. The molecule has 2 aliphatic rings. The lowest BCUT2D eigenvalue weighted by atomic mass is 9.94. The van der Waals surface area contributed by atoms with E-state index in [0.717, 1.165) is 56.9 Å². The van der Waals surface area contributed by atoms with Gasteiger partial charge in [-0.25, -0.2) is 0 Å². The third kappa shape index (κ3) is 4.33. The first kappa shape index (κ1) is 21.1. The van der Waals surface area contributed by atoms with Gasteiger partial charge in [-0.1, -0.05) is 44.2 Å². The molecule has 0 aliphatic carbocycles. The van der Waals surface area contributed by atoms with Crippen LogP contribution in [-0.4, -0.2) is 58.2 Å². The molecule has 0 aromatic heterocycles. The minimum atomic E-state index is -0.247. The minimum absolute atomic E-state index is 0.145. The van der Waals surface area contributed by atoms with E-state index >= 15 is 0 Å². The molecule has 28 heavy (non-hydrogen) atoms. The molecule has 0 unspecified atom stereocenters. The van der Waals surface area contributed by atoms with E-state index in [1.165, 1.54) is 5.56 Å². The van der Waals surface area contributed by atoms with Crippen molar-refractivity contribution in [2.45, 2.75) is 70.6 Å². The molecule has 2 heterocycles. The Bertz CT molecular complexity index is 672. The molecule has 1 amide bonds. The van der Waals surface area contributed by atoms with Crippen molar-refractivity contribution in [3.8, 4) is 0 Å². The van der Waals surface area contributed by atoms with Gasteiger partial charge in [0, 0.05) is 38.5 Å². The average Bonchev–Trinajstić information content (AvgIpc) is 2.97. The smallest absolute Gasteiger partial charge is 0.241 e. The van der Waals surface area contributed by atoms with E-state index in [1.54, 1.807) is 0 Å². The van der Waals surface area contributed by atoms with Gasteiger partial charge in [0.05, 0.1) is 11.7 Å². The summed E-state index contributed by atoms with van der Waals surface area (Å²) in [6.07, 6.45) is 4.59. The predicted molar refractivity (Wildman–Crippen MR) is 118 cm³/mol. The van der Waals surface area contributed by atoms with E-state index in [1.807, 2.05) is 18.2 Å². The normalized spacial score (nSPS) is 22.5. The van der Waals surface area contributed by atoms with Crippen LogP contribution in [0.4, 0.5) is 0 Å². The van der Waals surface area contributed by atoms with Crippen LogP contribution in [0.15, 0.2) is 30.3 Å². The Balaban J connectivity index is 1.73. The number of rotatable bonds is 6. The second-order valence-electron chi connectivity index (χ2n) is 8.10. The maximum Gasteiger partial charge on any atom is 0.241 e. The summed E-state index contributed by atoms with van der Waals surface area (Å²) >= 11 is 5.55. The van der Waals surface area contributed by atoms with Crippen molar-refractivity contribution < 1.29 is 4.79 Å². The highest BCUT2D eigenvalue weighted by Gasteiger charge is 2.52. The van der Waals surface area contributed by atoms with Gasteiger partial charge in [0.2, 0.25) is 5.91 Å². The predicted octanol–water partition coefficient (Wildman–Crippen LogP) is 2.90. The van der Waals surface area contributed by atoms with Crippen LogP contribution in [0.25, 0.3) is 0 Å². The number of amides is 1. The van der Waals surface area contributed by atoms with Crippen molar-refractivity contribution >= 4 is 23.2 Å². The van der Waals surface area contributed by atoms with E-state index in [0.29, 0.717) is 0 Å². The number of carbonyl (C=O) groups excluding carboxylic acids is 1. The summed E-state index contributed by atoms with van der Waals surface area (Å²) in [6.45, 7) is 9.14. The first-order valence-electron chi connectivity index (χ1n) is 10.7. The fourth-order valence-corrected chi connectivity index (χ4v) is 4.74. The van der Waals surface area contributed by atoms with Gasteiger partial charge in [0.1, 0.15) is 0 Å². The molecule has 2 aliphatic heterocycles. The van der Waals surface area contributed by atoms with Crippen molar-refractivity contribution in [1.82, 2.24) is 20.4 Å². The number of hydrogen-bond acceptors (Lipinski definition) is 3. The monoisotopic (exact) mass is 402 g/mol. The van der Waals surface area contributed by atoms with Crippen LogP contribution >= 0.6 is 12.2 Å². The standard InChI is InChI=1S/C22H34N4OS/c1-4-13-23-21(28)25-14-11-22(12-15-25)24-19(16-18-9-7-6-8-10-18)20(27)26(22)17(3)5-2/h6-10,17,19,24H,4-5,11-16H2,1-3H3,(H,23,28)/t17-,19+/m0/s1. The van der Waals surface area contributed by atoms with Crippen LogP contribution in [0.2, 0.25) is 0 Å². The number of benzene rings is 1. The molecular formula is C22H34N4OS. The van der Waals surface area contributed by atoms with Crippen molar-refractivity contribution in [2.24, 2.45) is 0 Å². The Morgan fingerprint density at radius 3 is 2.57 bits per heavy atom. The molecule has 0 saturated carbocycles. The number of carbonyl (C=O) groups is 1. The summed E-state index contributed by atoms with van der Waals surface area (Å²) in [6, 6.07) is 10.4. The van der Waals surface area contributed by atoms with Crippen molar-refractivity contribution in [2.75, 3.05) is 19.6 Å². The quantitative estimate of drug-likeness (QED) is 0.717. The zero-order valence-electron chi connectivity index (χ0n) is 17.4. The van der Waals surface area contributed by atoms with Crippen molar-refractivity contribution in [3.63, 3.8) is 0 Å². The van der Waals surface area contributed by atoms with Gasteiger partial charge >= 0.3 is 0 Å². The number of nitrogens with zero attached hydrogens (tertiary/aromatic N) is 2. The fourth-order valence-electron chi connectivity index (χ4n) is 4.45. The maximum atomic E-state index is 13.4. The first-order valence-corrected chi connectivity index (χ1v) is 11.1. The molecular weight excluding hydrogens is 368 g/mol. The number of hydrogen-bond donors (Lipinski definition) is 2. The highest BCUT2D eigenvalue weighted by molar-refractivity contribution is 7.80. The van der Waals surface area contributed by atoms with Gasteiger partial charge in [-0.05, 0) is 44.0 Å². The molecule has 1 aromatic rings. The molecule has 2 N–H and O–H groups in total. The number of nitrogens with one attached hydrogen (secondary N) is 2. The topological polar surface area (TPSA) is 47.6 Å². The molecule has 2 atom stereocenters. The Morgan fingerprint density at radius 1 is 1.29 bits per heavy atom. The second kappa shape index (κ2) is 9.23. The number of piperidine rings is 1. The molecule has 1 spiro atoms. The van der Waals surface area contributed by atoms with Gasteiger partial charge in [-0.15, -0.1) is 0 Å². The van der Waals surface area contributed by atoms with Crippen LogP contribution in [0.1, 0.15) is 52.0 Å². The van der Waals surface area contributed by atoms with E-state index in [4.69, 9.17) is 12.2 Å². The Labute approximate surface area is 174 Å². The largest absolute Gasteiger partial charge is 0.363 e. The van der Waals surface area contributed by atoms with Gasteiger partial charge in [0.15, 0.2) is 5.11 Å². The first-order chi connectivity index (χ1) is 13.5. The molecule has 2 fully saturated rings. The van der Waals surface area contributed by atoms with Crippen molar-refractivity contribution in [3.05, 3.63) is 35.9 Å². The van der Waals surface area contributed by atoms with E-state index in [9.17, 15) is 4.79 Å². The van der Waals surface area contributed by atoms with Gasteiger partial charge in [-0.2, -0.15) is 0 Å². The van der Waals surface area contributed by atoms with Crippen LogP contribution in [-0.2, 0) is 11.2 Å². The molecule has 5 nitrogen and oxygen atoms in total.